The Morgan fingerprint density at radius 3 is 2.80 bits per heavy atom. The molecular weight excluding hydrogens is 192 g/mol. The van der Waals surface area contributed by atoms with Crippen molar-refractivity contribution in [2.75, 3.05) is 5.73 Å². The highest BCUT2D eigenvalue weighted by Gasteiger charge is 2.29. The van der Waals surface area contributed by atoms with E-state index in [4.69, 9.17) is 5.73 Å². The summed E-state index contributed by atoms with van der Waals surface area (Å²) in [5.74, 6) is 0.777. The highest BCUT2D eigenvalue weighted by Crippen LogP contribution is 2.32. The molecule has 3 N–H and O–H groups in total. The van der Waals surface area contributed by atoms with E-state index < -0.39 is 0 Å². The second kappa shape index (κ2) is 3.84. The van der Waals surface area contributed by atoms with Gasteiger partial charge in [-0.25, -0.2) is 9.97 Å². The van der Waals surface area contributed by atoms with Gasteiger partial charge < -0.3 is 11.1 Å². The number of hydrogen-bond donors (Lipinski definition) is 2. The van der Waals surface area contributed by atoms with Crippen LogP contribution in [0.3, 0.4) is 0 Å². The van der Waals surface area contributed by atoms with E-state index in [1.165, 1.54) is 25.2 Å². The van der Waals surface area contributed by atoms with Crippen molar-refractivity contribution < 1.29 is 4.79 Å². The summed E-state index contributed by atoms with van der Waals surface area (Å²) < 4.78 is 0. The molecule has 0 aliphatic heterocycles. The Morgan fingerprint density at radius 1 is 1.53 bits per heavy atom. The zero-order valence-corrected chi connectivity index (χ0v) is 8.60. The maximum absolute atomic E-state index is 11.6. The number of nitrogens with one attached hydrogen (secondary N) is 1. The van der Waals surface area contributed by atoms with Crippen LogP contribution in [0.25, 0.3) is 0 Å². The van der Waals surface area contributed by atoms with Crippen molar-refractivity contribution in [3.05, 3.63) is 18.1 Å². The third kappa shape index (κ3) is 2.43. The van der Waals surface area contributed by atoms with E-state index >= 15 is 0 Å². The van der Waals surface area contributed by atoms with Crippen molar-refractivity contribution in [2.45, 2.75) is 25.8 Å². The molecule has 1 fully saturated rings. The van der Waals surface area contributed by atoms with E-state index in [1.807, 2.05) is 6.92 Å². The molecule has 1 unspecified atom stereocenters. The Hall–Kier alpha value is -1.65. The zero-order valence-electron chi connectivity index (χ0n) is 8.60. The number of nitrogens with two attached hydrogens (primary N) is 1. The molecule has 0 saturated heterocycles. The second-order valence-electron chi connectivity index (χ2n) is 3.93. The van der Waals surface area contributed by atoms with Gasteiger partial charge >= 0.3 is 0 Å². The Morgan fingerprint density at radius 2 is 2.27 bits per heavy atom. The lowest BCUT2D eigenvalue weighted by atomic mass is 10.2. The van der Waals surface area contributed by atoms with Crippen LogP contribution in [0.1, 0.15) is 30.3 Å². The summed E-state index contributed by atoms with van der Waals surface area (Å²) in [6.45, 7) is 2.01. The lowest BCUT2D eigenvalue weighted by Gasteiger charge is -2.11. The molecule has 5 nitrogen and oxygen atoms in total. The maximum atomic E-state index is 11.6. The average molecular weight is 206 g/mol. The SMILES string of the molecule is CC(NC(=O)c1cnc(N)cn1)C1CC1. The van der Waals surface area contributed by atoms with E-state index in [0.717, 1.165) is 0 Å². The smallest absolute Gasteiger partial charge is 0.271 e. The molecule has 1 aliphatic rings. The van der Waals surface area contributed by atoms with E-state index in [1.54, 1.807) is 0 Å². The van der Waals surface area contributed by atoms with E-state index in [-0.39, 0.29) is 11.9 Å². The number of nitrogen functional groups attached to an aromatic ring is 1. The zero-order chi connectivity index (χ0) is 10.8. The molecule has 1 heterocycles. The van der Waals surface area contributed by atoms with Gasteiger partial charge in [-0.2, -0.15) is 0 Å². The number of carbonyl (C=O) groups excluding carboxylic acids is 1. The number of hydrogen-bond acceptors (Lipinski definition) is 4. The lowest BCUT2D eigenvalue weighted by molar-refractivity contribution is 0.0930. The third-order valence-corrected chi connectivity index (χ3v) is 2.59. The molecule has 2 rings (SSSR count). The predicted molar refractivity (Wildman–Crippen MR) is 56.1 cm³/mol. The second-order valence-corrected chi connectivity index (χ2v) is 3.93. The van der Waals surface area contributed by atoms with Gasteiger partial charge in [0.05, 0.1) is 12.4 Å². The first-order chi connectivity index (χ1) is 7.16. The highest BCUT2D eigenvalue weighted by atomic mass is 16.1. The average Bonchev–Trinajstić information content (AvgIpc) is 3.01. The van der Waals surface area contributed by atoms with Crippen LogP contribution in [0.15, 0.2) is 12.4 Å². The minimum atomic E-state index is -0.179. The van der Waals surface area contributed by atoms with Crippen LogP contribution in [0.5, 0.6) is 0 Å². The fourth-order valence-corrected chi connectivity index (χ4v) is 1.45. The molecule has 1 saturated carbocycles. The molecule has 0 aromatic carbocycles. The van der Waals surface area contributed by atoms with Gasteiger partial charge in [0.1, 0.15) is 11.5 Å². The molecule has 0 bridgehead atoms. The van der Waals surface area contributed by atoms with Gasteiger partial charge in [-0.3, -0.25) is 4.79 Å². The molecule has 5 heteroatoms. The van der Waals surface area contributed by atoms with E-state index in [9.17, 15) is 4.79 Å². The van der Waals surface area contributed by atoms with Crippen LogP contribution in [-0.2, 0) is 0 Å². The van der Waals surface area contributed by atoms with Crippen molar-refractivity contribution in [1.82, 2.24) is 15.3 Å². The highest BCUT2D eigenvalue weighted by molar-refractivity contribution is 5.92. The molecule has 1 amide bonds. The van der Waals surface area contributed by atoms with Gasteiger partial charge in [0.15, 0.2) is 0 Å². The first-order valence-electron chi connectivity index (χ1n) is 5.05. The van der Waals surface area contributed by atoms with E-state index in [0.29, 0.717) is 17.4 Å². The summed E-state index contributed by atoms with van der Waals surface area (Å²) in [5, 5.41) is 2.90. The quantitative estimate of drug-likeness (QED) is 0.758. The topological polar surface area (TPSA) is 80.9 Å². The van der Waals surface area contributed by atoms with Gasteiger partial charge in [-0.05, 0) is 25.7 Å². The number of carbonyl (C=O) groups is 1. The van der Waals surface area contributed by atoms with Gasteiger partial charge in [-0.15, -0.1) is 0 Å². The third-order valence-electron chi connectivity index (χ3n) is 2.59. The Bertz CT molecular complexity index is 358. The first kappa shape index (κ1) is 9.89. The summed E-state index contributed by atoms with van der Waals surface area (Å²) >= 11 is 0. The minimum Gasteiger partial charge on any atom is -0.382 e. The fourth-order valence-electron chi connectivity index (χ4n) is 1.45. The summed E-state index contributed by atoms with van der Waals surface area (Å²) in [7, 11) is 0. The lowest BCUT2D eigenvalue weighted by Crippen LogP contribution is -2.34. The Kier molecular flexibility index (Phi) is 2.53. The van der Waals surface area contributed by atoms with Crippen LogP contribution in [-0.4, -0.2) is 21.9 Å². The summed E-state index contributed by atoms with van der Waals surface area (Å²) in [6, 6.07) is 0.219. The molecule has 1 atom stereocenters. The van der Waals surface area contributed by atoms with Gasteiger partial charge in [0.25, 0.3) is 5.91 Å². The number of rotatable bonds is 3. The monoisotopic (exact) mass is 206 g/mol. The predicted octanol–water partition coefficient (Wildman–Crippen LogP) is 0.587. The van der Waals surface area contributed by atoms with Gasteiger partial charge in [-0.1, -0.05) is 0 Å². The number of aromatic nitrogens is 2. The Balaban J connectivity index is 1.97. The number of amides is 1. The van der Waals surface area contributed by atoms with Crippen molar-refractivity contribution in [2.24, 2.45) is 5.92 Å². The van der Waals surface area contributed by atoms with Gasteiger partial charge in [0.2, 0.25) is 0 Å². The molecule has 80 valence electrons. The largest absolute Gasteiger partial charge is 0.382 e. The van der Waals surface area contributed by atoms with Crippen molar-refractivity contribution in [1.29, 1.82) is 0 Å². The standard InChI is InChI=1S/C10H14N4O/c1-6(7-2-3-7)14-10(15)8-4-13-9(11)5-12-8/h4-7H,2-3H2,1H3,(H2,11,13)(H,14,15). The van der Waals surface area contributed by atoms with Crippen molar-refractivity contribution in [3.63, 3.8) is 0 Å². The normalized spacial score (nSPS) is 17.1. The van der Waals surface area contributed by atoms with Crippen molar-refractivity contribution in [3.8, 4) is 0 Å². The molecule has 15 heavy (non-hydrogen) atoms. The maximum Gasteiger partial charge on any atom is 0.271 e. The molecule has 0 spiro atoms. The molecule has 1 aliphatic carbocycles. The van der Waals surface area contributed by atoms with Crippen molar-refractivity contribution >= 4 is 11.7 Å². The summed E-state index contributed by atoms with van der Waals surface area (Å²) in [6.07, 6.45) is 5.19. The van der Waals surface area contributed by atoms with Crippen LogP contribution in [0.2, 0.25) is 0 Å². The molecule has 1 aromatic heterocycles. The number of nitrogens with zero attached hydrogens (tertiary/aromatic N) is 2. The van der Waals surface area contributed by atoms with Crippen LogP contribution in [0.4, 0.5) is 5.82 Å². The molecular formula is C10H14N4O. The Labute approximate surface area is 88.1 Å². The van der Waals surface area contributed by atoms with Crippen LogP contribution in [0, 0.1) is 5.92 Å². The van der Waals surface area contributed by atoms with E-state index in [2.05, 4.69) is 15.3 Å². The van der Waals surface area contributed by atoms with Gasteiger partial charge in [0, 0.05) is 6.04 Å². The first-order valence-corrected chi connectivity index (χ1v) is 5.05. The molecule has 0 radical (unpaired) electrons. The fraction of sp³-hybridized carbons (Fsp3) is 0.500. The summed E-state index contributed by atoms with van der Waals surface area (Å²) in [4.78, 5) is 19.4. The molecule has 1 aromatic rings. The van der Waals surface area contributed by atoms with Crippen LogP contribution >= 0.6 is 0 Å². The minimum absolute atomic E-state index is 0.179. The summed E-state index contributed by atoms with van der Waals surface area (Å²) in [5.41, 5.74) is 5.70. The number of anilines is 1. The van der Waals surface area contributed by atoms with Crippen LogP contribution < -0.4 is 11.1 Å².